The molecule has 4 rings (SSSR count). The van der Waals surface area contributed by atoms with Gasteiger partial charge in [-0.2, -0.15) is 0 Å². The number of hydrogen-bond donors (Lipinski definition) is 0. The van der Waals surface area contributed by atoms with Crippen LogP contribution in [0.5, 0.6) is 0 Å². The summed E-state index contributed by atoms with van der Waals surface area (Å²) in [6, 6.07) is 18.2. The second-order valence-electron chi connectivity index (χ2n) is 10.3. The minimum absolute atomic E-state index is 0.0476. The Morgan fingerprint density at radius 1 is 0.385 bits per heavy atom. The first-order chi connectivity index (χ1) is 11.9. The lowest BCUT2D eigenvalue weighted by atomic mass is 9.63. The van der Waals surface area contributed by atoms with Gasteiger partial charge in [-0.1, -0.05) is 104 Å². The van der Waals surface area contributed by atoms with Crippen molar-refractivity contribution in [3.8, 4) is 0 Å². The zero-order chi connectivity index (χ0) is 19.1. The Bertz CT molecular complexity index is 781. The third-order valence-corrected chi connectivity index (χ3v) is 7.30. The topological polar surface area (TPSA) is 0 Å². The van der Waals surface area contributed by atoms with Crippen molar-refractivity contribution in [3.05, 3.63) is 81.9 Å². The molecule has 0 saturated heterocycles. The Balaban J connectivity index is 2.13. The van der Waals surface area contributed by atoms with E-state index in [1.807, 2.05) is 0 Å². The predicted octanol–water partition coefficient (Wildman–Crippen LogP) is 6.82. The van der Waals surface area contributed by atoms with E-state index in [1.165, 1.54) is 22.3 Å². The molecule has 2 aliphatic carbocycles. The molecule has 0 fully saturated rings. The van der Waals surface area contributed by atoms with Crippen LogP contribution in [0.15, 0.2) is 59.7 Å². The van der Waals surface area contributed by atoms with Gasteiger partial charge in [0.25, 0.3) is 0 Å². The molecule has 0 bridgehead atoms. The van der Waals surface area contributed by atoms with Crippen LogP contribution in [0.4, 0.5) is 0 Å². The quantitative estimate of drug-likeness (QED) is 0.460. The van der Waals surface area contributed by atoms with E-state index in [-0.39, 0.29) is 21.7 Å². The highest BCUT2D eigenvalue weighted by atomic mass is 14.6. The van der Waals surface area contributed by atoms with Crippen LogP contribution in [0, 0.1) is 0 Å². The smallest absolute Gasteiger partial charge is 0.0120 e. The molecule has 0 aromatic heterocycles. The molecule has 0 spiro atoms. The first-order valence-corrected chi connectivity index (χ1v) is 9.90. The second kappa shape index (κ2) is 4.91. The fraction of sp³-hybridized carbons (Fsp3) is 0.462. The first-order valence-electron chi connectivity index (χ1n) is 9.90. The highest BCUT2D eigenvalue weighted by Crippen LogP contribution is 2.63. The van der Waals surface area contributed by atoms with Gasteiger partial charge in [0.2, 0.25) is 0 Å². The van der Waals surface area contributed by atoms with Crippen molar-refractivity contribution < 1.29 is 0 Å². The highest BCUT2D eigenvalue weighted by molar-refractivity contribution is 5.66. The second-order valence-corrected chi connectivity index (χ2v) is 10.3. The molecule has 0 nitrogen and oxygen atoms in total. The lowest BCUT2D eigenvalue weighted by Gasteiger charge is -2.40. The van der Waals surface area contributed by atoms with Crippen molar-refractivity contribution in [2.45, 2.75) is 77.0 Å². The van der Waals surface area contributed by atoms with Crippen molar-refractivity contribution in [3.63, 3.8) is 0 Å². The summed E-state index contributed by atoms with van der Waals surface area (Å²) in [6.07, 6.45) is 0. The van der Waals surface area contributed by atoms with E-state index in [0.717, 1.165) is 0 Å². The normalized spacial score (nSPS) is 23.7. The number of hydrogen-bond acceptors (Lipinski definition) is 0. The van der Waals surface area contributed by atoms with Crippen molar-refractivity contribution in [2.24, 2.45) is 0 Å². The summed E-state index contributed by atoms with van der Waals surface area (Å²) in [6.45, 7) is 19.4. The Kier molecular flexibility index (Phi) is 3.32. The van der Waals surface area contributed by atoms with Crippen LogP contribution in [0.25, 0.3) is 0 Å². The molecule has 0 amide bonds. The minimum Gasteiger partial charge on any atom is -0.0619 e. The molecule has 0 unspecified atom stereocenters. The van der Waals surface area contributed by atoms with Gasteiger partial charge in [0, 0.05) is 21.7 Å². The van der Waals surface area contributed by atoms with Crippen LogP contribution in [-0.4, -0.2) is 0 Å². The first kappa shape index (κ1) is 17.6. The average molecular weight is 345 g/mol. The molecular formula is C26H32. The molecule has 26 heavy (non-hydrogen) atoms. The van der Waals surface area contributed by atoms with Gasteiger partial charge < -0.3 is 0 Å². The molecule has 0 N–H and O–H groups in total. The van der Waals surface area contributed by atoms with Crippen LogP contribution >= 0.6 is 0 Å². The van der Waals surface area contributed by atoms with Gasteiger partial charge in [-0.25, -0.2) is 0 Å². The van der Waals surface area contributed by atoms with Crippen molar-refractivity contribution in [2.75, 3.05) is 0 Å². The fourth-order valence-electron chi connectivity index (χ4n) is 6.50. The van der Waals surface area contributed by atoms with E-state index >= 15 is 0 Å². The summed E-state index contributed by atoms with van der Waals surface area (Å²) in [5.41, 5.74) is 9.42. The van der Waals surface area contributed by atoms with Crippen molar-refractivity contribution >= 4 is 0 Å². The Labute approximate surface area is 159 Å². The van der Waals surface area contributed by atoms with Gasteiger partial charge in [-0.05, 0) is 33.4 Å². The molecule has 0 radical (unpaired) electrons. The summed E-state index contributed by atoms with van der Waals surface area (Å²) in [5.74, 6) is 0. The van der Waals surface area contributed by atoms with Crippen LogP contribution in [0.1, 0.15) is 77.6 Å². The van der Waals surface area contributed by atoms with Gasteiger partial charge >= 0.3 is 0 Å². The maximum atomic E-state index is 2.43. The van der Waals surface area contributed by atoms with Gasteiger partial charge in [0.05, 0.1) is 0 Å². The summed E-state index contributed by atoms with van der Waals surface area (Å²) in [4.78, 5) is 0. The standard InChI is InChI=1S/C26H32/c1-23(2)17-13-9-10-14-18(17)24(3,4)21(23)22-25(5,6)19-15-11-12-16-20(19)26(22,7)8/h9-16H,1-8H3. The number of benzene rings is 2. The van der Waals surface area contributed by atoms with Gasteiger partial charge in [-0.15, -0.1) is 0 Å². The fourth-order valence-corrected chi connectivity index (χ4v) is 6.50. The van der Waals surface area contributed by atoms with E-state index in [9.17, 15) is 0 Å². The molecule has 136 valence electrons. The summed E-state index contributed by atoms with van der Waals surface area (Å²) < 4.78 is 0. The Morgan fingerprint density at radius 2 is 0.577 bits per heavy atom. The van der Waals surface area contributed by atoms with Crippen LogP contribution < -0.4 is 0 Å². The van der Waals surface area contributed by atoms with Crippen LogP contribution in [0.2, 0.25) is 0 Å². The van der Waals surface area contributed by atoms with E-state index < -0.39 is 0 Å². The molecule has 0 atom stereocenters. The van der Waals surface area contributed by atoms with Crippen molar-refractivity contribution in [1.29, 1.82) is 0 Å². The number of fused-ring (bicyclic) bond motifs is 2. The minimum atomic E-state index is 0.0476. The SMILES string of the molecule is CC1(C)C(=C2C(C)(C)c3ccccc3C2(C)C)C(C)(C)c2ccccc21. The third-order valence-electron chi connectivity index (χ3n) is 7.30. The molecule has 0 saturated carbocycles. The molecule has 0 heterocycles. The molecule has 2 aromatic rings. The molecule has 2 aromatic carbocycles. The van der Waals surface area contributed by atoms with Crippen molar-refractivity contribution in [1.82, 2.24) is 0 Å². The van der Waals surface area contributed by atoms with E-state index in [2.05, 4.69) is 104 Å². The van der Waals surface area contributed by atoms with E-state index in [1.54, 1.807) is 11.1 Å². The number of allylic oxidation sites excluding steroid dienone is 2. The van der Waals surface area contributed by atoms with Crippen LogP contribution in [-0.2, 0) is 21.7 Å². The maximum absolute atomic E-state index is 2.43. The predicted molar refractivity (Wildman–Crippen MR) is 112 cm³/mol. The summed E-state index contributed by atoms with van der Waals surface area (Å²) in [5, 5.41) is 0. The van der Waals surface area contributed by atoms with Gasteiger partial charge in [0.15, 0.2) is 0 Å². The number of rotatable bonds is 0. The largest absolute Gasteiger partial charge is 0.0619 e. The van der Waals surface area contributed by atoms with E-state index in [4.69, 9.17) is 0 Å². The molecular weight excluding hydrogens is 312 g/mol. The monoisotopic (exact) mass is 344 g/mol. The zero-order valence-electron chi connectivity index (χ0n) is 17.6. The molecule has 0 heteroatoms. The average Bonchev–Trinajstić information content (AvgIpc) is 2.82. The van der Waals surface area contributed by atoms with E-state index in [0.29, 0.717) is 0 Å². The van der Waals surface area contributed by atoms with Crippen LogP contribution in [0.3, 0.4) is 0 Å². The highest BCUT2D eigenvalue weighted by Gasteiger charge is 2.55. The maximum Gasteiger partial charge on any atom is 0.0120 e. The van der Waals surface area contributed by atoms with Gasteiger partial charge in [-0.3, -0.25) is 0 Å². The zero-order valence-corrected chi connectivity index (χ0v) is 17.6. The molecule has 0 aliphatic heterocycles. The Morgan fingerprint density at radius 3 is 0.769 bits per heavy atom. The van der Waals surface area contributed by atoms with Gasteiger partial charge in [0.1, 0.15) is 0 Å². The lowest BCUT2D eigenvalue weighted by molar-refractivity contribution is 0.466. The summed E-state index contributed by atoms with van der Waals surface area (Å²) >= 11 is 0. The lowest BCUT2D eigenvalue weighted by Crippen LogP contribution is -2.35. The molecule has 2 aliphatic rings. The third kappa shape index (κ3) is 1.91. The summed E-state index contributed by atoms with van der Waals surface area (Å²) in [7, 11) is 0. The Hall–Kier alpha value is -1.82.